The third kappa shape index (κ3) is 3.10. The van der Waals surface area contributed by atoms with Crippen LogP contribution in [0.25, 0.3) is 0 Å². The van der Waals surface area contributed by atoms with Crippen molar-refractivity contribution in [2.75, 3.05) is 0 Å². The number of hydrogen-bond donors (Lipinski definition) is 1. The molecule has 0 radical (unpaired) electrons. The summed E-state index contributed by atoms with van der Waals surface area (Å²) < 4.78 is 4.91. The van der Waals surface area contributed by atoms with Crippen LogP contribution in [-0.4, -0.2) is 17.1 Å². The number of carbonyl (C=O) groups excluding carboxylic acids is 1. The lowest BCUT2D eigenvalue weighted by molar-refractivity contribution is -0.122. The summed E-state index contributed by atoms with van der Waals surface area (Å²) in [4.78, 5) is 12.1. The zero-order chi connectivity index (χ0) is 15.0. The van der Waals surface area contributed by atoms with E-state index in [1.165, 1.54) is 25.7 Å². The Bertz CT molecular complexity index is 509. The van der Waals surface area contributed by atoms with E-state index in [2.05, 4.69) is 17.4 Å². The van der Waals surface area contributed by atoms with Crippen molar-refractivity contribution in [1.29, 1.82) is 0 Å². The van der Waals surface area contributed by atoms with E-state index in [4.69, 9.17) is 16.1 Å². The molecule has 0 spiro atoms. The Hall–Kier alpha value is -1.03. The lowest BCUT2D eigenvalue weighted by atomic mass is 9.84. The van der Waals surface area contributed by atoms with Gasteiger partial charge in [0.1, 0.15) is 0 Å². The topological polar surface area (TPSA) is 55.1 Å². The highest BCUT2D eigenvalue weighted by atomic mass is 35.5. The first-order valence-electron chi connectivity index (χ1n) is 7.94. The molecule has 1 aromatic heterocycles. The van der Waals surface area contributed by atoms with Crippen molar-refractivity contribution >= 4 is 17.5 Å². The molecule has 0 unspecified atom stereocenters. The highest BCUT2D eigenvalue weighted by Crippen LogP contribution is 2.49. The van der Waals surface area contributed by atoms with E-state index in [1.807, 2.05) is 6.92 Å². The maximum absolute atomic E-state index is 12.1. The second-order valence-electron chi connectivity index (χ2n) is 6.72. The van der Waals surface area contributed by atoms with Crippen molar-refractivity contribution in [3.05, 3.63) is 16.5 Å². The first-order valence-corrected chi connectivity index (χ1v) is 8.32. The fourth-order valence-electron chi connectivity index (χ4n) is 4.22. The van der Waals surface area contributed by atoms with E-state index in [1.54, 1.807) is 0 Å². The molecule has 4 nitrogen and oxygen atoms in total. The van der Waals surface area contributed by atoms with Gasteiger partial charge in [-0.2, -0.15) is 0 Å². The predicted molar refractivity (Wildman–Crippen MR) is 81.1 cm³/mol. The average molecular weight is 311 g/mol. The number of carbonyl (C=O) groups is 1. The molecule has 2 bridgehead atoms. The summed E-state index contributed by atoms with van der Waals surface area (Å²) in [7, 11) is 0. The molecule has 21 heavy (non-hydrogen) atoms. The molecule has 1 heterocycles. The predicted octanol–water partition coefficient (Wildman–Crippen LogP) is 3.51. The summed E-state index contributed by atoms with van der Waals surface area (Å²) in [5, 5.41) is 7.29. The van der Waals surface area contributed by atoms with Crippen LogP contribution in [0.4, 0.5) is 0 Å². The normalized spacial score (nSPS) is 28.8. The highest BCUT2D eigenvalue weighted by Gasteiger charge is 2.42. The molecule has 1 aromatic rings. The molecule has 4 atom stereocenters. The summed E-state index contributed by atoms with van der Waals surface area (Å²) in [5.41, 5.74) is 1.62. The number of aryl methyl sites for hydroxylation is 1. The number of nitrogens with zero attached hydrogens (tertiary/aromatic N) is 1. The first-order chi connectivity index (χ1) is 10.0. The van der Waals surface area contributed by atoms with E-state index in [-0.39, 0.29) is 11.9 Å². The maximum Gasteiger partial charge on any atom is 0.229 e. The van der Waals surface area contributed by atoms with E-state index < -0.39 is 0 Å². The molecule has 0 saturated heterocycles. The molecule has 1 N–H and O–H groups in total. The number of rotatable bonds is 5. The number of nitrogens with one attached hydrogen (secondary N) is 1. The molecule has 2 aliphatic carbocycles. The third-order valence-corrected chi connectivity index (χ3v) is 5.66. The lowest BCUT2D eigenvalue weighted by Gasteiger charge is -2.28. The number of amides is 1. The van der Waals surface area contributed by atoms with Crippen LogP contribution in [0, 0.1) is 24.7 Å². The molecule has 2 saturated carbocycles. The monoisotopic (exact) mass is 310 g/mol. The van der Waals surface area contributed by atoms with Gasteiger partial charge < -0.3 is 9.84 Å². The third-order valence-electron chi connectivity index (χ3n) is 5.36. The summed E-state index contributed by atoms with van der Waals surface area (Å²) in [6, 6.07) is 0.284. The van der Waals surface area contributed by atoms with Crippen molar-refractivity contribution in [2.24, 2.45) is 17.8 Å². The van der Waals surface area contributed by atoms with Crippen molar-refractivity contribution in [3.8, 4) is 0 Å². The quantitative estimate of drug-likeness (QED) is 0.905. The van der Waals surface area contributed by atoms with Crippen LogP contribution in [0.1, 0.15) is 50.3 Å². The van der Waals surface area contributed by atoms with Crippen LogP contribution in [-0.2, 0) is 11.2 Å². The van der Waals surface area contributed by atoms with Crippen molar-refractivity contribution in [1.82, 2.24) is 10.5 Å². The largest absolute Gasteiger partial charge is 0.353 e. The molecule has 2 fully saturated rings. The van der Waals surface area contributed by atoms with Crippen molar-refractivity contribution in [2.45, 2.75) is 58.4 Å². The first kappa shape index (κ1) is 14.9. The van der Waals surface area contributed by atoms with Gasteiger partial charge in [-0.3, -0.25) is 4.79 Å². The number of hydrogen-bond acceptors (Lipinski definition) is 3. The van der Waals surface area contributed by atoms with Crippen molar-refractivity contribution < 1.29 is 9.32 Å². The Morgan fingerprint density at radius 2 is 2.29 bits per heavy atom. The fourth-order valence-corrected chi connectivity index (χ4v) is 4.48. The van der Waals surface area contributed by atoms with Crippen molar-refractivity contribution in [3.63, 3.8) is 0 Å². The summed E-state index contributed by atoms with van der Waals surface area (Å²) in [6.07, 6.45) is 6.44. The SMILES string of the molecule is Cc1noc(Cl)c1CCC(=O)N[C@@H](C)[C@H]1C[C@H]2CC[C@H]1C2. The van der Waals surface area contributed by atoms with Gasteiger partial charge in [-0.25, -0.2) is 0 Å². The molecule has 0 aromatic carbocycles. The minimum Gasteiger partial charge on any atom is -0.353 e. The Morgan fingerprint density at radius 1 is 1.48 bits per heavy atom. The Labute approximate surface area is 130 Å². The van der Waals surface area contributed by atoms with Crippen LogP contribution >= 0.6 is 11.6 Å². The fraction of sp³-hybridized carbons (Fsp3) is 0.750. The van der Waals surface area contributed by atoms with Gasteiger partial charge in [0, 0.05) is 18.0 Å². The van der Waals surface area contributed by atoms with Gasteiger partial charge in [-0.1, -0.05) is 11.6 Å². The Kier molecular flexibility index (Phi) is 4.25. The zero-order valence-electron chi connectivity index (χ0n) is 12.7. The molecule has 116 valence electrons. The van der Waals surface area contributed by atoms with Gasteiger partial charge in [-0.15, -0.1) is 0 Å². The summed E-state index contributed by atoms with van der Waals surface area (Å²) in [6.45, 7) is 4.00. The lowest BCUT2D eigenvalue weighted by Crippen LogP contribution is -2.40. The van der Waals surface area contributed by atoms with Crippen LogP contribution in [0.2, 0.25) is 5.22 Å². The molecular weight excluding hydrogens is 288 g/mol. The number of fused-ring (bicyclic) bond motifs is 2. The highest BCUT2D eigenvalue weighted by molar-refractivity contribution is 6.29. The van der Waals surface area contributed by atoms with Gasteiger partial charge in [0.25, 0.3) is 0 Å². The van der Waals surface area contributed by atoms with Gasteiger partial charge in [-0.05, 0) is 68.9 Å². The van der Waals surface area contributed by atoms with E-state index in [0.717, 1.165) is 23.1 Å². The molecule has 1 amide bonds. The standard InChI is InChI=1S/C16H23ClN2O2/c1-9(14-8-11-3-4-12(14)7-11)18-15(20)6-5-13-10(2)19-21-16(13)17/h9,11-12,14H,3-8H2,1-2H3,(H,18,20)/t9-,11-,12-,14+/m0/s1. The Morgan fingerprint density at radius 3 is 2.86 bits per heavy atom. The van der Waals surface area contributed by atoms with E-state index in [9.17, 15) is 4.79 Å². The minimum absolute atomic E-state index is 0.0990. The zero-order valence-corrected chi connectivity index (χ0v) is 13.4. The van der Waals surface area contributed by atoms with Gasteiger partial charge >= 0.3 is 0 Å². The molecular formula is C16H23ClN2O2. The maximum atomic E-state index is 12.1. The van der Waals surface area contributed by atoms with Crippen LogP contribution in [0.15, 0.2) is 4.52 Å². The second kappa shape index (κ2) is 5.99. The molecule has 5 heteroatoms. The molecule has 0 aliphatic heterocycles. The molecule has 2 aliphatic rings. The number of halogens is 1. The smallest absolute Gasteiger partial charge is 0.229 e. The molecule has 3 rings (SSSR count). The van der Waals surface area contributed by atoms with Gasteiger partial charge in [0.05, 0.1) is 5.69 Å². The van der Waals surface area contributed by atoms with Crippen LogP contribution in [0.3, 0.4) is 0 Å². The summed E-state index contributed by atoms with van der Waals surface area (Å²) >= 11 is 5.92. The Balaban J connectivity index is 1.48. The average Bonchev–Trinajstić information content (AvgIpc) is 3.14. The van der Waals surface area contributed by atoms with Crippen LogP contribution < -0.4 is 5.32 Å². The van der Waals surface area contributed by atoms with Crippen LogP contribution in [0.5, 0.6) is 0 Å². The van der Waals surface area contributed by atoms with E-state index in [0.29, 0.717) is 24.0 Å². The van der Waals surface area contributed by atoms with Gasteiger partial charge in [0.2, 0.25) is 11.1 Å². The van der Waals surface area contributed by atoms with Gasteiger partial charge in [0.15, 0.2) is 0 Å². The number of aromatic nitrogens is 1. The summed E-state index contributed by atoms with van der Waals surface area (Å²) in [5.74, 6) is 2.52. The minimum atomic E-state index is 0.0990. The second-order valence-corrected chi connectivity index (χ2v) is 7.06. The van der Waals surface area contributed by atoms with E-state index >= 15 is 0 Å².